The zero-order valence-corrected chi connectivity index (χ0v) is 8.18. The zero-order valence-electron chi connectivity index (χ0n) is 7.36. The maximum atomic E-state index is 3.69. The first-order chi connectivity index (χ1) is 6.42. The van der Waals surface area contributed by atoms with E-state index in [0.717, 1.165) is 6.42 Å². The van der Waals surface area contributed by atoms with E-state index in [1.165, 1.54) is 15.6 Å². The Bertz CT molecular complexity index is 423. The van der Waals surface area contributed by atoms with Crippen molar-refractivity contribution >= 4 is 21.4 Å². The molecule has 2 aromatic rings. The highest BCUT2D eigenvalue weighted by Gasteiger charge is 1.99. The Hall–Kier alpha value is -1.08. The van der Waals surface area contributed by atoms with Gasteiger partial charge in [-0.1, -0.05) is 30.4 Å². The largest absolute Gasteiger partial charge is 0.144 e. The second kappa shape index (κ2) is 3.75. The maximum absolute atomic E-state index is 3.69. The van der Waals surface area contributed by atoms with E-state index in [4.69, 9.17) is 0 Å². The van der Waals surface area contributed by atoms with E-state index in [0.29, 0.717) is 0 Å². The Morgan fingerprint density at radius 2 is 2.15 bits per heavy atom. The molecule has 0 aliphatic heterocycles. The molecular weight excluding hydrogens is 176 g/mol. The third-order valence-corrected chi connectivity index (χ3v) is 3.08. The molecule has 0 fully saturated rings. The van der Waals surface area contributed by atoms with E-state index in [1.54, 1.807) is 0 Å². The van der Waals surface area contributed by atoms with Gasteiger partial charge < -0.3 is 0 Å². The lowest BCUT2D eigenvalue weighted by Gasteiger charge is -1.92. The van der Waals surface area contributed by atoms with E-state index in [-0.39, 0.29) is 0 Å². The summed E-state index contributed by atoms with van der Waals surface area (Å²) in [4.78, 5) is 0. The molecule has 0 unspecified atom stereocenters. The van der Waals surface area contributed by atoms with Gasteiger partial charge in [0.15, 0.2) is 0 Å². The van der Waals surface area contributed by atoms with Crippen molar-refractivity contribution in [2.75, 3.05) is 0 Å². The molecule has 1 radical (unpaired) electrons. The third kappa shape index (κ3) is 1.65. The first kappa shape index (κ1) is 8.52. The van der Waals surface area contributed by atoms with Gasteiger partial charge in [0.1, 0.15) is 0 Å². The molecule has 0 N–H and O–H groups in total. The molecule has 0 aliphatic rings. The lowest BCUT2D eigenvalue weighted by Crippen LogP contribution is -1.75. The molecule has 13 heavy (non-hydrogen) atoms. The predicted octanol–water partition coefficient (Wildman–Crippen LogP) is 3.83. The lowest BCUT2D eigenvalue weighted by atomic mass is 10.1. The van der Waals surface area contributed by atoms with Crippen LogP contribution in [-0.4, -0.2) is 0 Å². The van der Waals surface area contributed by atoms with Gasteiger partial charge in [0.25, 0.3) is 0 Å². The molecule has 1 aromatic carbocycles. The van der Waals surface area contributed by atoms with Crippen LogP contribution in [0.3, 0.4) is 0 Å². The van der Waals surface area contributed by atoms with Crippen molar-refractivity contribution in [3.05, 3.63) is 54.3 Å². The minimum absolute atomic E-state index is 0.994. The molecule has 0 saturated heterocycles. The van der Waals surface area contributed by atoms with Crippen LogP contribution in [0.25, 0.3) is 10.1 Å². The summed E-state index contributed by atoms with van der Waals surface area (Å²) in [7, 11) is 0. The van der Waals surface area contributed by atoms with Crippen molar-refractivity contribution in [1.29, 1.82) is 0 Å². The lowest BCUT2D eigenvalue weighted by molar-refractivity contribution is 1.32. The summed E-state index contributed by atoms with van der Waals surface area (Å²) in [5, 5.41) is 3.61. The molecule has 0 amide bonds. The molecule has 2 rings (SSSR count). The smallest absolute Gasteiger partial charge is 0.0345 e. The SMILES string of the molecule is [CH2]C=CCc1csc2ccccc12. The Morgan fingerprint density at radius 1 is 1.31 bits per heavy atom. The van der Waals surface area contributed by atoms with Gasteiger partial charge in [-0.3, -0.25) is 0 Å². The Labute approximate surface area is 82.5 Å². The zero-order chi connectivity index (χ0) is 9.10. The first-order valence-electron chi connectivity index (χ1n) is 4.31. The topological polar surface area (TPSA) is 0 Å². The maximum Gasteiger partial charge on any atom is 0.0345 e. The van der Waals surface area contributed by atoms with Crippen LogP contribution in [0, 0.1) is 6.92 Å². The number of fused-ring (bicyclic) bond motifs is 1. The van der Waals surface area contributed by atoms with Crippen LogP contribution >= 0.6 is 11.3 Å². The molecule has 1 heteroatoms. The molecule has 0 spiro atoms. The number of hydrogen-bond acceptors (Lipinski definition) is 1. The van der Waals surface area contributed by atoms with Crippen LogP contribution < -0.4 is 0 Å². The highest BCUT2D eigenvalue weighted by Crippen LogP contribution is 2.25. The fourth-order valence-corrected chi connectivity index (χ4v) is 2.38. The van der Waals surface area contributed by atoms with Gasteiger partial charge in [-0.05, 0) is 35.7 Å². The molecule has 65 valence electrons. The van der Waals surface area contributed by atoms with Crippen LogP contribution in [0.5, 0.6) is 0 Å². The van der Waals surface area contributed by atoms with Crippen molar-refractivity contribution in [2.45, 2.75) is 6.42 Å². The van der Waals surface area contributed by atoms with Crippen molar-refractivity contribution in [3.63, 3.8) is 0 Å². The number of allylic oxidation sites excluding steroid dienone is 2. The fourth-order valence-electron chi connectivity index (χ4n) is 1.40. The number of rotatable bonds is 2. The molecule has 1 heterocycles. The number of benzene rings is 1. The summed E-state index contributed by atoms with van der Waals surface area (Å²) in [6.07, 6.45) is 4.94. The van der Waals surface area contributed by atoms with E-state index in [2.05, 4.69) is 42.6 Å². The van der Waals surface area contributed by atoms with Gasteiger partial charge in [-0.15, -0.1) is 11.3 Å². The minimum Gasteiger partial charge on any atom is -0.144 e. The molecule has 0 bridgehead atoms. The summed E-state index contributed by atoms with van der Waals surface area (Å²) in [6.45, 7) is 3.69. The van der Waals surface area contributed by atoms with Crippen molar-refractivity contribution in [2.24, 2.45) is 0 Å². The molecule has 1 aromatic heterocycles. The second-order valence-corrected chi connectivity index (χ2v) is 3.84. The van der Waals surface area contributed by atoms with Gasteiger partial charge >= 0.3 is 0 Å². The molecule has 0 atom stereocenters. The summed E-state index contributed by atoms with van der Waals surface area (Å²) in [6, 6.07) is 8.52. The van der Waals surface area contributed by atoms with Crippen LogP contribution in [0.2, 0.25) is 0 Å². The summed E-state index contributed by atoms with van der Waals surface area (Å²) >= 11 is 1.81. The monoisotopic (exact) mass is 187 g/mol. The van der Waals surface area contributed by atoms with Crippen LogP contribution in [0.4, 0.5) is 0 Å². The molecule has 0 saturated carbocycles. The summed E-state index contributed by atoms with van der Waals surface area (Å²) in [5.41, 5.74) is 1.40. The first-order valence-corrected chi connectivity index (χ1v) is 5.19. The van der Waals surface area contributed by atoms with Gasteiger partial charge in [0, 0.05) is 4.70 Å². The molecule has 0 nitrogen and oxygen atoms in total. The van der Waals surface area contributed by atoms with E-state index >= 15 is 0 Å². The quantitative estimate of drug-likeness (QED) is 0.670. The van der Waals surface area contributed by atoms with Gasteiger partial charge in [0.05, 0.1) is 0 Å². The molecule has 0 aliphatic carbocycles. The van der Waals surface area contributed by atoms with Gasteiger partial charge in [-0.2, -0.15) is 0 Å². The van der Waals surface area contributed by atoms with Crippen molar-refractivity contribution in [1.82, 2.24) is 0 Å². The van der Waals surface area contributed by atoms with Gasteiger partial charge in [-0.25, -0.2) is 0 Å². The Morgan fingerprint density at radius 3 is 3.00 bits per heavy atom. The average Bonchev–Trinajstić information content (AvgIpc) is 2.58. The molecular formula is C12H11S. The average molecular weight is 187 g/mol. The Balaban J connectivity index is 2.45. The summed E-state index contributed by atoms with van der Waals surface area (Å²) in [5.74, 6) is 0. The van der Waals surface area contributed by atoms with Crippen LogP contribution in [0.15, 0.2) is 41.8 Å². The summed E-state index contributed by atoms with van der Waals surface area (Å²) < 4.78 is 1.37. The standard InChI is InChI=1S/C12H11S/c1-2-3-6-10-9-13-12-8-5-4-7-11(10)12/h2-5,7-9H,1,6H2. The highest BCUT2D eigenvalue weighted by atomic mass is 32.1. The van der Waals surface area contributed by atoms with E-state index in [9.17, 15) is 0 Å². The number of thiophene rings is 1. The third-order valence-electron chi connectivity index (χ3n) is 2.07. The predicted molar refractivity (Wildman–Crippen MR) is 60.0 cm³/mol. The minimum atomic E-state index is 0.994. The van der Waals surface area contributed by atoms with Crippen molar-refractivity contribution < 1.29 is 0 Å². The van der Waals surface area contributed by atoms with Crippen molar-refractivity contribution in [3.8, 4) is 0 Å². The normalized spacial score (nSPS) is 11.5. The highest BCUT2D eigenvalue weighted by molar-refractivity contribution is 7.17. The van der Waals surface area contributed by atoms with Gasteiger partial charge in [0.2, 0.25) is 0 Å². The van der Waals surface area contributed by atoms with Crippen LogP contribution in [-0.2, 0) is 6.42 Å². The second-order valence-electron chi connectivity index (χ2n) is 2.93. The number of hydrogen-bond donors (Lipinski definition) is 0. The fraction of sp³-hybridized carbons (Fsp3) is 0.0833. The van der Waals surface area contributed by atoms with Crippen LogP contribution in [0.1, 0.15) is 5.56 Å². The van der Waals surface area contributed by atoms with E-state index in [1.807, 2.05) is 17.4 Å². The van der Waals surface area contributed by atoms with E-state index < -0.39 is 0 Å². The Kier molecular flexibility index (Phi) is 2.46.